The highest BCUT2D eigenvalue weighted by molar-refractivity contribution is 6.36. The number of methoxy groups -OCH3 is 1. The van der Waals surface area contributed by atoms with E-state index in [2.05, 4.69) is 9.80 Å². The summed E-state index contributed by atoms with van der Waals surface area (Å²) in [5.41, 5.74) is 1.79. The van der Waals surface area contributed by atoms with E-state index in [4.69, 9.17) is 32.7 Å². The van der Waals surface area contributed by atoms with Crippen LogP contribution in [-0.2, 0) is 16.0 Å². The van der Waals surface area contributed by atoms with Crippen molar-refractivity contribution in [3.8, 4) is 5.75 Å². The van der Waals surface area contributed by atoms with Gasteiger partial charge in [-0.1, -0.05) is 35.3 Å². The van der Waals surface area contributed by atoms with Gasteiger partial charge in [0, 0.05) is 24.7 Å². The Balaban J connectivity index is 1.23. The van der Waals surface area contributed by atoms with Crippen molar-refractivity contribution in [1.29, 1.82) is 0 Å². The van der Waals surface area contributed by atoms with Crippen LogP contribution < -0.4 is 4.74 Å². The van der Waals surface area contributed by atoms with Gasteiger partial charge in [-0.15, -0.1) is 0 Å². The first-order valence-electron chi connectivity index (χ1n) is 12.7. The zero-order valence-corrected chi connectivity index (χ0v) is 22.5. The fourth-order valence-corrected chi connectivity index (χ4v) is 5.69. The van der Waals surface area contributed by atoms with E-state index in [1.807, 2.05) is 19.1 Å². The maximum Gasteiger partial charge on any atom is 0.323 e. The summed E-state index contributed by atoms with van der Waals surface area (Å²) >= 11 is 12.6. The number of hydrogen-bond donors (Lipinski definition) is 0. The van der Waals surface area contributed by atoms with Gasteiger partial charge in [0.05, 0.1) is 12.1 Å². The third-order valence-electron chi connectivity index (χ3n) is 7.53. The van der Waals surface area contributed by atoms with E-state index < -0.39 is 0 Å². The predicted octanol–water partition coefficient (Wildman–Crippen LogP) is 5.78. The van der Waals surface area contributed by atoms with Crippen molar-refractivity contribution in [2.45, 2.75) is 51.2 Å². The highest BCUT2D eigenvalue weighted by Gasteiger charge is 2.32. The van der Waals surface area contributed by atoms with Crippen LogP contribution in [-0.4, -0.2) is 67.7 Å². The fraction of sp³-hybridized carbons (Fsp3) is 0.536. The molecule has 0 amide bonds. The van der Waals surface area contributed by atoms with Gasteiger partial charge in [0.25, 0.3) is 0 Å². The molecule has 4 rings (SSSR count). The van der Waals surface area contributed by atoms with E-state index >= 15 is 0 Å². The lowest BCUT2D eigenvalue weighted by Gasteiger charge is -2.39. The van der Waals surface area contributed by atoms with Crippen molar-refractivity contribution in [2.24, 2.45) is 5.92 Å². The molecular formula is C28H35Cl2FN2O3. The van der Waals surface area contributed by atoms with Crippen LogP contribution in [0.3, 0.4) is 0 Å². The summed E-state index contributed by atoms with van der Waals surface area (Å²) in [5.74, 6) is 0.825. The van der Waals surface area contributed by atoms with Crippen molar-refractivity contribution in [1.82, 2.24) is 9.80 Å². The topological polar surface area (TPSA) is 42.0 Å². The van der Waals surface area contributed by atoms with Gasteiger partial charge in [0.2, 0.25) is 0 Å². The number of rotatable bonds is 8. The van der Waals surface area contributed by atoms with E-state index in [1.54, 1.807) is 12.1 Å². The van der Waals surface area contributed by atoms with Crippen LogP contribution in [0.15, 0.2) is 36.4 Å². The second kappa shape index (κ2) is 12.6. The van der Waals surface area contributed by atoms with Crippen LogP contribution >= 0.6 is 23.2 Å². The number of likely N-dealkylation sites (tertiary alicyclic amines) is 2. The molecule has 5 nitrogen and oxygen atoms in total. The lowest BCUT2D eigenvalue weighted by Crippen LogP contribution is -2.49. The molecule has 0 N–H and O–H groups in total. The van der Waals surface area contributed by atoms with Crippen LogP contribution in [0.5, 0.6) is 5.75 Å². The molecule has 196 valence electrons. The van der Waals surface area contributed by atoms with Gasteiger partial charge in [-0.25, -0.2) is 4.39 Å². The first-order valence-corrected chi connectivity index (χ1v) is 13.5. The monoisotopic (exact) mass is 536 g/mol. The quantitative estimate of drug-likeness (QED) is 0.400. The van der Waals surface area contributed by atoms with Gasteiger partial charge in [0.15, 0.2) is 0 Å². The molecule has 0 aliphatic carbocycles. The molecule has 0 spiro atoms. The summed E-state index contributed by atoms with van der Waals surface area (Å²) in [6.45, 7) is 6.71. The Bertz CT molecular complexity index is 1020. The minimum absolute atomic E-state index is 0.161. The van der Waals surface area contributed by atoms with Crippen LogP contribution in [0.4, 0.5) is 4.39 Å². The SMILES string of the molecule is COC(=O)[C@H](Cc1ccc(F)cc1)N1CCC(CN2CCC(Oc3ccc(Cl)c(C)c3Cl)CC2)CC1. The number of ether oxygens (including phenoxy) is 2. The summed E-state index contributed by atoms with van der Waals surface area (Å²) < 4.78 is 24.6. The molecule has 2 aliphatic rings. The number of nitrogens with zero attached hydrogens (tertiary/aromatic N) is 2. The first kappa shape index (κ1) is 27.2. The Kier molecular flexibility index (Phi) is 9.51. The Labute approximate surface area is 223 Å². The van der Waals surface area contributed by atoms with E-state index in [0.717, 1.165) is 69.5 Å². The molecule has 0 radical (unpaired) electrons. The maximum atomic E-state index is 13.3. The predicted molar refractivity (Wildman–Crippen MR) is 141 cm³/mol. The van der Waals surface area contributed by atoms with Crippen molar-refractivity contribution >= 4 is 29.2 Å². The minimum Gasteiger partial charge on any atom is -0.489 e. The van der Waals surface area contributed by atoms with Crippen molar-refractivity contribution in [2.75, 3.05) is 39.8 Å². The summed E-state index contributed by atoms with van der Waals surface area (Å²) in [4.78, 5) is 17.3. The van der Waals surface area contributed by atoms with Gasteiger partial charge in [-0.05, 0) is 93.4 Å². The number of carbonyl (C=O) groups is 1. The number of esters is 1. The third kappa shape index (κ3) is 6.91. The maximum absolute atomic E-state index is 13.3. The molecular weight excluding hydrogens is 502 g/mol. The molecule has 0 aromatic heterocycles. The van der Waals surface area contributed by atoms with E-state index in [1.165, 1.54) is 19.2 Å². The van der Waals surface area contributed by atoms with Crippen molar-refractivity contribution in [3.63, 3.8) is 0 Å². The molecule has 2 saturated heterocycles. The number of halogens is 3. The normalized spacial score (nSPS) is 19.2. The zero-order chi connectivity index (χ0) is 25.7. The molecule has 2 aromatic carbocycles. The average molecular weight is 538 g/mol. The third-order valence-corrected chi connectivity index (χ3v) is 8.41. The summed E-state index contributed by atoms with van der Waals surface area (Å²) in [7, 11) is 1.43. The Hall–Kier alpha value is -1.86. The molecule has 0 saturated carbocycles. The standard InChI is InChI=1S/C28H35Cl2FN2O3/c1-19-24(29)7-8-26(27(19)30)36-23-11-13-32(14-12-23)18-21-9-15-33(16-10-21)25(28(34)35-2)17-20-3-5-22(31)6-4-20/h3-8,21,23,25H,9-18H2,1-2H3/t25-/m0/s1. The molecule has 1 atom stereocenters. The molecule has 36 heavy (non-hydrogen) atoms. The number of hydrogen-bond acceptors (Lipinski definition) is 5. The molecule has 2 fully saturated rings. The Morgan fingerprint density at radius 3 is 2.33 bits per heavy atom. The zero-order valence-electron chi connectivity index (χ0n) is 21.0. The molecule has 8 heteroatoms. The Morgan fingerprint density at radius 1 is 1.03 bits per heavy atom. The molecule has 2 heterocycles. The second-order valence-corrected chi connectivity index (χ2v) is 10.7. The number of carbonyl (C=O) groups excluding carboxylic acids is 1. The molecule has 0 unspecified atom stereocenters. The van der Waals surface area contributed by atoms with Gasteiger partial charge in [0.1, 0.15) is 23.7 Å². The minimum atomic E-state index is -0.336. The van der Waals surface area contributed by atoms with Crippen molar-refractivity contribution < 1.29 is 18.7 Å². The van der Waals surface area contributed by atoms with Gasteiger partial charge in [-0.2, -0.15) is 0 Å². The van der Waals surface area contributed by atoms with Gasteiger partial charge >= 0.3 is 5.97 Å². The van der Waals surface area contributed by atoms with E-state index in [-0.39, 0.29) is 23.9 Å². The van der Waals surface area contributed by atoms with E-state index in [9.17, 15) is 9.18 Å². The number of piperidine rings is 2. The lowest BCUT2D eigenvalue weighted by molar-refractivity contribution is -0.147. The summed E-state index contributed by atoms with van der Waals surface area (Å²) in [6.07, 6.45) is 4.73. The first-order chi connectivity index (χ1) is 17.3. The van der Waals surface area contributed by atoms with E-state index in [0.29, 0.717) is 28.1 Å². The van der Waals surface area contributed by atoms with Crippen LogP contribution in [0, 0.1) is 18.7 Å². The fourth-order valence-electron chi connectivity index (χ4n) is 5.27. The second-order valence-electron chi connectivity index (χ2n) is 9.95. The van der Waals surface area contributed by atoms with Crippen LogP contribution in [0.2, 0.25) is 10.0 Å². The van der Waals surface area contributed by atoms with Gasteiger partial charge in [-0.3, -0.25) is 9.69 Å². The Morgan fingerprint density at radius 2 is 1.69 bits per heavy atom. The van der Waals surface area contributed by atoms with Crippen molar-refractivity contribution in [3.05, 3.63) is 63.4 Å². The largest absolute Gasteiger partial charge is 0.489 e. The summed E-state index contributed by atoms with van der Waals surface area (Å²) in [6, 6.07) is 9.72. The summed E-state index contributed by atoms with van der Waals surface area (Å²) in [5, 5.41) is 1.25. The smallest absolute Gasteiger partial charge is 0.323 e. The van der Waals surface area contributed by atoms with Gasteiger partial charge < -0.3 is 14.4 Å². The van der Waals surface area contributed by atoms with Crippen LogP contribution in [0.1, 0.15) is 36.8 Å². The molecule has 0 bridgehead atoms. The highest BCUT2D eigenvalue weighted by Crippen LogP contribution is 2.34. The molecule has 2 aromatic rings. The van der Waals surface area contributed by atoms with Crippen LogP contribution in [0.25, 0.3) is 0 Å². The highest BCUT2D eigenvalue weighted by atomic mass is 35.5. The molecule has 2 aliphatic heterocycles. The number of benzene rings is 2. The lowest BCUT2D eigenvalue weighted by atomic mass is 9.93. The average Bonchev–Trinajstić information content (AvgIpc) is 2.90.